The van der Waals surface area contributed by atoms with Gasteiger partial charge in [0.2, 0.25) is 11.8 Å². The maximum absolute atomic E-state index is 13.5. The van der Waals surface area contributed by atoms with Crippen molar-refractivity contribution in [1.29, 1.82) is 0 Å². The third-order valence-corrected chi connectivity index (χ3v) is 6.89. The molecule has 0 bridgehead atoms. The van der Waals surface area contributed by atoms with Crippen molar-refractivity contribution in [3.63, 3.8) is 0 Å². The van der Waals surface area contributed by atoms with Crippen molar-refractivity contribution in [2.24, 2.45) is 11.8 Å². The molecule has 0 radical (unpaired) electrons. The predicted octanol–water partition coefficient (Wildman–Crippen LogP) is 6.07. The first-order valence-corrected chi connectivity index (χ1v) is 13.2. The standard InChI is InChI=1S/C32H34N4O2/c1-22(2)20-35(32(38)28-18-27(28)24-10-6-4-7-11-24)21-31(37)33-30-19-29(25-12-8-5-9-13-25)34-36(30)26-16-14-23(3)15-17-26/h4-17,19,22,27-28H,18,20-21H2,1-3H3,(H,33,37). The monoisotopic (exact) mass is 506 g/mol. The van der Waals surface area contributed by atoms with E-state index in [-0.39, 0.29) is 36.1 Å². The summed E-state index contributed by atoms with van der Waals surface area (Å²) >= 11 is 0. The zero-order valence-corrected chi connectivity index (χ0v) is 22.2. The number of anilines is 1. The van der Waals surface area contributed by atoms with E-state index < -0.39 is 0 Å². The molecule has 6 nitrogen and oxygen atoms in total. The van der Waals surface area contributed by atoms with Crippen molar-refractivity contribution in [2.75, 3.05) is 18.4 Å². The van der Waals surface area contributed by atoms with E-state index in [1.165, 1.54) is 5.56 Å². The third-order valence-electron chi connectivity index (χ3n) is 6.89. The van der Waals surface area contributed by atoms with Gasteiger partial charge < -0.3 is 10.2 Å². The largest absolute Gasteiger partial charge is 0.333 e. The summed E-state index contributed by atoms with van der Waals surface area (Å²) in [6.45, 7) is 6.72. The fourth-order valence-electron chi connectivity index (χ4n) is 4.90. The molecule has 1 heterocycles. The van der Waals surface area contributed by atoms with Crippen LogP contribution in [0.15, 0.2) is 91.0 Å². The Morgan fingerprint density at radius 1 is 0.974 bits per heavy atom. The quantitative estimate of drug-likeness (QED) is 0.299. The number of hydrogen-bond donors (Lipinski definition) is 1. The minimum atomic E-state index is -0.233. The first-order chi connectivity index (χ1) is 18.4. The van der Waals surface area contributed by atoms with E-state index in [0.717, 1.165) is 28.9 Å². The highest BCUT2D eigenvalue weighted by Gasteiger charge is 2.46. The maximum atomic E-state index is 13.5. The van der Waals surface area contributed by atoms with Crippen molar-refractivity contribution in [3.8, 4) is 16.9 Å². The second-order valence-electron chi connectivity index (χ2n) is 10.5. The van der Waals surface area contributed by atoms with Gasteiger partial charge in [0.25, 0.3) is 0 Å². The van der Waals surface area contributed by atoms with Crippen LogP contribution < -0.4 is 5.32 Å². The van der Waals surface area contributed by atoms with Crippen molar-refractivity contribution < 1.29 is 9.59 Å². The van der Waals surface area contributed by atoms with Crippen molar-refractivity contribution in [2.45, 2.75) is 33.1 Å². The second kappa shape index (κ2) is 11.1. The molecule has 3 aromatic carbocycles. The molecule has 1 aliphatic carbocycles. The number of rotatable bonds is 9. The molecule has 194 valence electrons. The Morgan fingerprint density at radius 3 is 2.29 bits per heavy atom. The summed E-state index contributed by atoms with van der Waals surface area (Å²) in [4.78, 5) is 28.5. The van der Waals surface area contributed by atoms with Crippen LogP contribution in [0.3, 0.4) is 0 Å². The molecule has 0 saturated heterocycles. The van der Waals surface area contributed by atoms with E-state index in [0.29, 0.717) is 12.4 Å². The van der Waals surface area contributed by atoms with E-state index >= 15 is 0 Å². The van der Waals surface area contributed by atoms with E-state index in [1.807, 2.05) is 85.8 Å². The molecular weight excluding hydrogens is 472 g/mol. The normalized spacial score (nSPS) is 16.3. The topological polar surface area (TPSA) is 67.2 Å². The fourth-order valence-corrected chi connectivity index (χ4v) is 4.90. The molecule has 1 aromatic heterocycles. The number of nitrogens with zero attached hydrogens (tertiary/aromatic N) is 3. The van der Waals surface area contributed by atoms with Crippen LogP contribution in [0, 0.1) is 18.8 Å². The number of amides is 2. The zero-order chi connectivity index (χ0) is 26.6. The lowest BCUT2D eigenvalue weighted by atomic mass is 10.1. The van der Waals surface area contributed by atoms with Crippen LogP contribution in [0.2, 0.25) is 0 Å². The molecule has 1 fully saturated rings. The predicted molar refractivity (Wildman–Crippen MR) is 151 cm³/mol. The Morgan fingerprint density at radius 2 is 1.63 bits per heavy atom. The second-order valence-corrected chi connectivity index (χ2v) is 10.5. The molecule has 0 aliphatic heterocycles. The van der Waals surface area contributed by atoms with Gasteiger partial charge in [0, 0.05) is 24.1 Å². The van der Waals surface area contributed by atoms with Gasteiger partial charge >= 0.3 is 0 Å². The maximum Gasteiger partial charge on any atom is 0.245 e. The van der Waals surface area contributed by atoms with Gasteiger partial charge in [0.1, 0.15) is 5.82 Å². The van der Waals surface area contributed by atoms with Crippen LogP contribution in [0.25, 0.3) is 16.9 Å². The highest BCUT2D eigenvalue weighted by atomic mass is 16.2. The van der Waals surface area contributed by atoms with Crippen LogP contribution in [0.1, 0.15) is 37.3 Å². The first kappa shape index (κ1) is 25.5. The number of benzene rings is 3. The third kappa shape index (κ3) is 5.86. The molecular formula is C32H34N4O2. The average Bonchev–Trinajstić information content (AvgIpc) is 3.62. The summed E-state index contributed by atoms with van der Waals surface area (Å²) < 4.78 is 1.75. The van der Waals surface area contributed by atoms with Crippen LogP contribution in [-0.4, -0.2) is 39.6 Å². The summed E-state index contributed by atoms with van der Waals surface area (Å²) in [5.41, 5.74) is 4.92. The van der Waals surface area contributed by atoms with Gasteiger partial charge in [0.05, 0.1) is 17.9 Å². The van der Waals surface area contributed by atoms with Gasteiger partial charge in [-0.15, -0.1) is 0 Å². The minimum Gasteiger partial charge on any atom is -0.333 e. The van der Waals surface area contributed by atoms with E-state index in [1.54, 1.807) is 9.58 Å². The summed E-state index contributed by atoms with van der Waals surface area (Å²) in [7, 11) is 0. The molecule has 1 aliphatic rings. The van der Waals surface area contributed by atoms with E-state index in [4.69, 9.17) is 5.10 Å². The summed E-state index contributed by atoms with van der Waals surface area (Å²) in [5, 5.41) is 7.84. The minimum absolute atomic E-state index is 0.00870. The number of carbonyl (C=O) groups excluding carboxylic acids is 2. The molecule has 1 N–H and O–H groups in total. The van der Waals surface area contributed by atoms with Gasteiger partial charge in [-0.3, -0.25) is 9.59 Å². The van der Waals surface area contributed by atoms with Gasteiger partial charge in [-0.2, -0.15) is 5.10 Å². The summed E-state index contributed by atoms with van der Waals surface area (Å²) in [6.07, 6.45) is 0.833. The highest BCUT2D eigenvalue weighted by Crippen LogP contribution is 2.48. The molecule has 4 aromatic rings. The van der Waals surface area contributed by atoms with E-state index in [9.17, 15) is 9.59 Å². The smallest absolute Gasteiger partial charge is 0.245 e. The Bertz CT molecular complexity index is 1390. The molecule has 1 saturated carbocycles. The van der Waals surface area contributed by atoms with Crippen LogP contribution in [0.5, 0.6) is 0 Å². The Hall–Kier alpha value is -4.19. The fraction of sp³-hybridized carbons (Fsp3) is 0.281. The molecule has 5 rings (SSSR count). The number of aryl methyl sites for hydroxylation is 1. The summed E-state index contributed by atoms with van der Waals surface area (Å²) in [5.74, 6) is 0.819. The van der Waals surface area contributed by atoms with Crippen LogP contribution in [0.4, 0.5) is 5.82 Å². The number of hydrogen-bond acceptors (Lipinski definition) is 3. The van der Waals surface area contributed by atoms with Gasteiger partial charge in [-0.25, -0.2) is 4.68 Å². The lowest BCUT2D eigenvalue weighted by Gasteiger charge is -2.24. The van der Waals surface area contributed by atoms with Crippen molar-refractivity contribution >= 4 is 17.6 Å². The first-order valence-electron chi connectivity index (χ1n) is 13.2. The van der Waals surface area contributed by atoms with Crippen molar-refractivity contribution in [1.82, 2.24) is 14.7 Å². The van der Waals surface area contributed by atoms with Crippen LogP contribution >= 0.6 is 0 Å². The SMILES string of the molecule is Cc1ccc(-n2nc(-c3ccccc3)cc2NC(=O)CN(CC(C)C)C(=O)C2CC2c2ccccc2)cc1. The number of nitrogens with one attached hydrogen (secondary N) is 1. The molecule has 6 heteroatoms. The van der Waals surface area contributed by atoms with E-state index in [2.05, 4.69) is 31.3 Å². The zero-order valence-electron chi connectivity index (χ0n) is 22.2. The molecule has 0 spiro atoms. The number of carbonyl (C=O) groups is 2. The van der Waals surface area contributed by atoms with Gasteiger partial charge in [-0.1, -0.05) is 92.2 Å². The van der Waals surface area contributed by atoms with Crippen LogP contribution in [-0.2, 0) is 9.59 Å². The average molecular weight is 507 g/mol. The lowest BCUT2D eigenvalue weighted by Crippen LogP contribution is -2.41. The molecule has 38 heavy (non-hydrogen) atoms. The van der Waals surface area contributed by atoms with Gasteiger partial charge in [0.15, 0.2) is 0 Å². The molecule has 2 amide bonds. The highest BCUT2D eigenvalue weighted by molar-refractivity contribution is 5.95. The summed E-state index contributed by atoms with van der Waals surface area (Å²) in [6, 6.07) is 29.9. The molecule has 2 atom stereocenters. The Kier molecular flexibility index (Phi) is 7.40. The Labute approximate surface area is 224 Å². The lowest BCUT2D eigenvalue weighted by molar-refractivity contribution is -0.136. The van der Waals surface area contributed by atoms with Gasteiger partial charge in [-0.05, 0) is 42.9 Å². The number of aromatic nitrogens is 2. The van der Waals surface area contributed by atoms with Crippen molar-refractivity contribution in [3.05, 3.63) is 102 Å². The Balaban J connectivity index is 1.35. The molecule has 2 unspecified atom stereocenters.